The molecular formula is C23H17ClN2O2. The van der Waals surface area contributed by atoms with Gasteiger partial charge < -0.3 is 10.1 Å². The monoisotopic (exact) mass is 388 g/mol. The molecule has 28 heavy (non-hydrogen) atoms. The molecule has 3 aromatic carbocycles. The summed E-state index contributed by atoms with van der Waals surface area (Å²) in [5.74, 6) is 0.502. The number of nitrogens with zero attached hydrogens (tertiary/aromatic N) is 1. The summed E-state index contributed by atoms with van der Waals surface area (Å²) in [4.78, 5) is 17.8. The van der Waals surface area contributed by atoms with Crippen LogP contribution in [-0.2, 0) is 0 Å². The Morgan fingerprint density at radius 3 is 2.43 bits per heavy atom. The van der Waals surface area contributed by atoms with Crippen LogP contribution in [0.2, 0.25) is 5.02 Å². The summed E-state index contributed by atoms with van der Waals surface area (Å²) in [6, 6.07) is 24.1. The molecule has 0 radical (unpaired) electrons. The molecule has 0 bridgehead atoms. The highest BCUT2D eigenvalue weighted by atomic mass is 35.5. The molecule has 0 aliphatic heterocycles. The van der Waals surface area contributed by atoms with Crippen molar-refractivity contribution in [2.45, 2.75) is 0 Å². The fourth-order valence-electron chi connectivity index (χ4n) is 3.02. The van der Waals surface area contributed by atoms with Crippen molar-refractivity contribution in [2.75, 3.05) is 12.4 Å². The highest BCUT2D eigenvalue weighted by Gasteiger charge is 2.15. The molecule has 1 aromatic heterocycles. The van der Waals surface area contributed by atoms with Gasteiger partial charge in [-0.1, -0.05) is 41.9 Å². The van der Waals surface area contributed by atoms with Crippen molar-refractivity contribution in [1.82, 2.24) is 4.98 Å². The number of nitrogens with one attached hydrogen (secondary N) is 1. The summed E-state index contributed by atoms with van der Waals surface area (Å²) < 4.78 is 5.16. The van der Waals surface area contributed by atoms with E-state index in [2.05, 4.69) is 5.32 Å². The Morgan fingerprint density at radius 2 is 1.71 bits per heavy atom. The lowest BCUT2D eigenvalue weighted by Crippen LogP contribution is -2.13. The summed E-state index contributed by atoms with van der Waals surface area (Å²) in [7, 11) is 1.60. The minimum Gasteiger partial charge on any atom is -0.497 e. The molecular weight excluding hydrogens is 372 g/mol. The van der Waals surface area contributed by atoms with Crippen molar-refractivity contribution in [2.24, 2.45) is 0 Å². The van der Waals surface area contributed by atoms with Crippen LogP contribution in [0.4, 0.5) is 5.69 Å². The number of anilines is 1. The first-order chi connectivity index (χ1) is 13.6. The molecule has 0 saturated carbocycles. The van der Waals surface area contributed by atoms with Gasteiger partial charge in [0, 0.05) is 21.7 Å². The summed E-state index contributed by atoms with van der Waals surface area (Å²) in [6.07, 6.45) is 0. The van der Waals surface area contributed by atoms with Gasteiger partial charge in [0.15, 0.2) is 0 Å². The van der Waals surface area contributed by atoms with Gasteiger partial charge in [-0.15, -0.1) is 0 Å². The van der Waals surface area contributed by atoms with Crippen molar-refractivity contribution in [1.29, 1.82) is 0 Å². The van der Waals surface area contributed by atoms with Gasteiger partial charge in [-0.25, -0.2) is 4.98 Å². The number of amides is 1. The molecule has 0 unspecified atom stereocenters. The topological polar surface area (TPSA) is 51.2 Å². The molecule has 1 heterocycles. The largest absolute Gasteiger partial charge is 0.497 e. The van der Waals surface area contributed by atoms with Gasteiger partial charge in [-0.05, 0) is 48.5 Å². The molecule has 0 saturated heterocycles. The zero-order valence-electron chi connectivity index (χ0n) is 15.1. The van der Waals surface area contributed by atoms with Crippen molar-refractivity contribution >= 4 is 34.1 Å². The Morgan fingerprint density at radius 1 is 0.964 bits per heavy atom. The second-order valence-corrected chi connectivity index (χ2v) is 6.70. The number of carbonyl (C=O) groups excluding carboxylic acids is 1. The maximum Gasteiger partial charge on any atom is 0.256 e. The maximum absolute atomic E-state index is 13.1. The van der Waals surface area contributed by atoms with E-state index in [-0.39, 0.29) is 5.91 Å². The lowest BCUT2D eigenvalue weighted by atomic mass is 10.0. The SMILES string of the molecule is COc1ccc(NC(=O)c2cc(-c3ccccc3)nc3ccc(Cl)cc23)cc1. The van der Waals surface area contributed by atoms with E-state index in [1.807, 2.05) is 36.4 Å². The number of ether oxygens (including phenoxy) is 1. The molecule has 138 valence electrons. The van der Waals surface area contributed by atoms with E-state index in [1.54, 1.807) is 49.6 Å². The second kappa shape index (κ2) is 7.71. The van der Waals surface area contributed by atoms with Crippen LogP contribution in [0.1, 0.15) is 10.4 Å². The number of aromatic nitrogens is 1. The number of fused-ring (bicyclic) bond motifs is 1. The third-order valence-electron chi connectivity index (χ3n) is 4.43. The Balaban J connectivity index is 1.78. The van der Waals surface area contributed by atoms with E-state index in [9.17, 15) is 4.79 Å². The van der Waals surface area contributed by atoms with Crippen LogP contribution in [0.15, 0.2) is 78.9 Å². The number of carbonyl (C=O) groups is 1. The van der Waals surface area contributed by atoms with Gasteiger partial charge in [0.05, 0.1) is 23.9 Å². The summed E-state index contributed by atoms with van der Waals surface area (Å²) >= 11 is 6.17. The molecule has 1 N–H and O–H groups in total. The van der Waals surface area contributed by atoms with Crippen molar-refractivity contribution in [3.8, 4) is 17.0 Å². The Labute approximate surface area is 167 Å². The van der Waals surface area contributed by atoms with E-state index in [1.165, 1.54) is 0 Å². The minimum atomic E-state index is -0.225. The van der Waals surface area contributed by atoms with E-state index >= 15 is 0 Å². The van der Waals surface area contributed by atoms with E-state index in [0.29, 0.717) is 27.2 Å². The molecule has 1 amide bonds. The smallest absolute Gasteiger partial charge is 0.256 e. The molecule has 5 heteroatoms. The van der Waals surface area contributed by atoms with E-state index in [4.69, 9.17) is 21.3 Å². The van der Waals surface area contributed by atoms with Crippen molar-refractivity contribution in [3.63, 3.8) is 0 Å². The van der Waals surface area contributed by atoms with Gasteiger partial charge in [0.25, 0.3) is 5.91 Å². The van der Waals surface area contributed by atoms with Crippen LogP contribution in [-0.4, -0.2) is 18.0 Å². The van der Waals surface area contributed by atoms with E-state index in [0.717, 1.165) is 17.0 Å². The fourth-order valence-corrected chi connectivity index (χ4v) is 3.19. The molecule has 0 atom stereocenters. The third kappa shape index (κ3) is 3.68. The number of methoxy groups -OCH3 is 1. The lowest BCUT2D eigenvalue weighted by Gasteiger charge is -2.11. The first kappa shape index (κ1) is 18.0. The zero-order chi connectivity index (χ0) is 19.5. The van der Waals surface area contributed by atoms with Gasteiger partial charge in [0.2, 0.25) is 0 Å². The minimum absolute atomic E-state index is 0.225. The van der Waals surface area contributed by atoms with Crippen LogP contribution < -0.4 is 10.1 Å². The van der Waals surface area contributed by atoms with Crippen molar-refractivity contribution < 1.29 is 9.53 Å². The average Bonchev–Trinajstić information content (AvgIpc) is 2.74. The molecule has 0 aliphatic carbocycles. The Bertz CT molecular complexity index is 1140. The Kier molecular flexibility index (Phi) is 4.96. The number of halogens is 1. The number of hydrogen-bond acceptors (Lipinski definition) is 3. The first-order valence-electron chi connectivity index (χ1n) is 8.75. The normalized spacial score (nSPS) is 10.6. The number of rotatable bonds is 4. The summed E-state index contributed by atoms with van der Waals surface area (Å²) in [5, 5.41) is 4.20. The van der Waals surface area contributed by atoms with E-state index < -0.39 is 0 Å². The van der Waals surface area contributed by atoms with Crippen LogP contribution in [0.3, 0.4) is 0 Å². The number of hydrogen-bond donors (Lipinski definition) is 1. The number of pyridine rings is 1. The Hall–Kier alpha value is -3.37. The second-order valence-electron chi connectivity index (χ2n) is 6.27. The number of benzene rings is 3. The summed E-state index contributed by atoms with van der Waals surface area (Å²) in [6.45, 7) is 0. The average molecular weight is 389 g/mol. The molecule has 4 nitrogen and oxygen atoms in total. The van der Waals surface area contributed by atoms with Crippen LogP contribution in [0.5, 0.6) is 5.75 Å². The third-order valence-corrected chi connectivity index (χ3v) is 4.67. The molecule has 0 spiro atoms. The summed E-state index contributed by atoms with van der Waals surface area (Å²) in [5.41, 5.74) is 3.58. The zero-order valence-corrected chi connectivity index (χ0v) is 15.9. The standard InChI is InChI=1S/C23H17ClN2O2/c1-28-18-10-8-17(9-11-18)25-23(27)20-14-22(15-5-3-2-4-6-15)26-21-12-7-16(24)13-19(20)21/h2-14H,1H3,(H,25,27). The predicted molar refractivity (Wildman–Crippen MR) is 113 cm³/mol. The van der Waals surface area contributed by atoms with Gasteiger partial charge in [0.1, 0.15) is 5.75 Å². The van der Waals surface area contributed by atoms with Gasteiger partial charge in [-0.3, -0.25) is 4.79 Å². The van der Waals surface area contributed by atoms with Crippen LogP contribution >= 0.6 is 11.6 Å². The molecule has 0 fully saturated rings. The fraction of sp³-hybridized carbons (Fsp3) is 0.0435. The molecule has 0 aliphatic rings. The first-order valence-corrected chi connectivity index (χ1v) is 9.13. The maximum atomic E-state index is 13.1. The van der Waals surface area contributed by atoms with Crippen LogP contribution in [0, 0.1) is 0 Å². The molecule has 4 rings (SSSR count). The van der Waals surface area contributed by atoms with Gasteiger partial charge in [-0.2, -0.15) is 0 Å². The lowest BCUT2D eigenvalue weighted by molar-refractivity contribution is 0.102. The van der Waals surface area contributed by atoms with Gasteiger partial charge >= 0.3 is 0 Å². The molecule has 4 aromatic rings. The quantitative estimate of drug-likeness (QED) is 0.479. The van der Waals surface area contributed by atoms with Crippen LogP contribution in [0.25, 0.3) is 22.2 Å². The highest BCUT2D eigenvalue weighted by Crippen LogP contribution is 2.28. The predicted octanol–water partition coefficient (Wildman–Crippen LogP) is 5.82. The highest BCUT2D eigenvalue weighted by molar-refractivity contribution is 6.31. The van der Waals surface area contributed by atoms with Crippen molar-refractivity contribution in [3.05, 3.63) is 89.4 Å².